The van der Waals surface area contributed by atoms with Crippen LogP contribution in [0.15, 0.2) is 11.1 Å². The Balaban J connectivity index is 2.30. The molecule has 2 heterocycles. The summed E-state index contributed by atoms with van der Waals surface area (Å²) in [5, 5.41) is 4.02. The molecule has 0 amide bonds. The molecule has 1 aliphatic heterocycles. The summed E-state index contributed by atoms with van der Waals surface area (Å²) in [5.41, 5.74) is 5.75. The molecule has 1 aromatic rings. The molecular formula is C12H23N5O2S. The Morgan fingerprint density at radius 2 is 2.10 bits per heavy atom. The topological polar surface area (TPSA) is 84.5 Å². The molecule has 8 heteroatoms. The zero-order chi connectivity index (χ0) is 15.1. The van der Waals surface area contributed by atoms with E-state index < -0.39 is 10.0 Å². The van der Waals surface area contributed by atoms with Gasteiger partial charge in [-0.3, -0.25) is 4.68 Å². The van der Waals surface area contributed by atoms with Gasteiger partial charge in [-0.25, -0.2) is 8.42 Å². The number of hydrogen-bond donors (Lipinski definition) is 1. The molecule has 7 nitrogen and oxygen atoms in total. The van der Waals surface area contributed by atoms with Crippen molar-refractivity contribution in [3.8, 4) is 0 Å². The molecule has 0 saturated carbocycles. The summed E-state index contributed by atoms with van der Waals surface area (Å²) >= 11 is 0. The summed E-state index contributed by atoms with van der Waals surface area (Å²) in [5.74, 6) is 0.370. The fourth-order valence-electron chi connectivity index (χ4n) is 2.69. The van der Waals surface area contributed by atoms with Crippen molar-refractivity contribution in [1.82, 2.24) is 19.0 Å². The van der Waals surface area contributed by atoms with Crippen LogP contribution in [0.5, 0.6) is 0 Å². The van der Waals surface area contributed by atoms with Gasteiger partial charge in [-0.05, 0) is 26.9 Å². The third-order valence-corrected chi connectivity index (χ3v) is 5.75. The Labute approximate surface area is 120 Å². The van der Waals surface area contributed by atoms with Gasteiger partial charge in [-0.2, -0.15) is 9.40 Å². The molecule has 1 aliphatic rings. The number of nitrogens with zero attached hydrogens (tertiary/aromatic N) is 4. The smallest absolute Gasteiger partial charge is 0.248 e. The largest absolute Gasteiger partial charge is 0.381 e. The quantitative estimate of drug-likeness (QED) is 0.850. The lowest BCUT2D eigenvalue weighted by Gasteiger charge is -2.22. The first kappa shape index (κ1) is 15.3. The van der Waals surface area contributed by atoms with Crippen LogP contribution in [0.3, 0.4) is 0 Å². The monoisotopic (exact) mass is 301 g/mol. The Kier molecular flexibility index (Phi) is 4.08. The van der Waals surface area contributed by atoms with Crippen LogP contribution in [0.2, 0.25) is 0 Å². The summed E-state index contributed by atoms with van der Waals surface area (Å²) in [4.78, 5) is 2.19. The number of aromatic nitrogens is 2. The van der Waals surface area contributed by atoms with E-state index in [0.717, 1.165) is 0 Å². The lowest BCUT2D eigenvalue weighted by atomic mass is 10.1. The number of rotatable bonds is 4. The summed E-state index contributed by atoms with van der Waals surface area (Å²) in [6.07, 6.45) is 1.51. The third-order valence-electron chi connectivity index (χ3n) is 3.90. The number of sulfonamides is 1. The van der Waals surface area contributed by atoms with E-state index in [0.29, 0.717) is 25.6 Å². The maximum Gasteiger partial charge on any atom is 0.248 e. The Morgan fingerprint density at radius 1 is 1.45 bits per heavy atom. The predicted octanol–water partition coefficient (Wildman–Crippen LogP) is 0.0558. The molecule has 114 valence electrons. The van der Waals surface area contributed by atoms with E-state index in [1.165, 1.54) is 10.5 Å². The van der Waals surface area contributed by atoms with Gasteiger partial charge in [0.1, 0.15) is 4.90 Å². The van der Waals surface area contributed by atoms with Crippen LogP contribution in [0.1, 0.15) is 13.8 Å². The van der Waals surface area contributed by atoms with Gasteiger partial charge in [0.25, 0.3) is 0 Å². The highest BCUT2D eigenvalue weighted by Crippen LogP contribution is 2.28. The van der Waals surface area contributed by atoms with Gasteiger partial charge in [0.2, 0.25) is 10.0 Å². The van der Waals surface area contributed by atoms with E-state index in [4.69, 9.17) is 5.73 Å². The van der Waals surface area contributed by atoms with E-state index in [-0.39, 0.29) is 16.8 Å². The van der Waals surface area contributed by atoms with Gasteiger partial charge in [0, 0.05) is 31.9 Å². The van der Waals surface area contributed by atoms with Gasteiger partial charge in [-0.15, -0.1) is 0 Å². The first-order valence-corrected chi connectivity index (χ1v) is 8.20. The molecule has 1 saturated heterocycles. The van der Waals surface area contributed by atoms with E-state index in [2.05, 4.69) is 16.9 Å². The molecule has 0 aliphatic carbocycles. The molecule has 0 spiro atoms. The molecule has 1 aromatic heterocycles. The number of hydrogen-bond acceptors (Lipinski definition) is 5. The second-order valence-corrected chi connectivity index (χ2v) is 7.47. The van der Waals surface area contributed by atoms with Crippen LogP contribution in [0.25, 0.3) is 0 Å². The molecule has 2 N–H and O–H groups in total. The second-order valence-electron chi connectivity index (χ2n) is 5.56. The van der Waals surface area contributed by atoms with Gasteiger partial charge < -0.3 is 10.6 Å². The average Bonchev–Trinajstić information content (AvgIpc) is 2.93. The number of likely N-dealkylation sites (N-methyl/N-ethyl adjacent to an activating group) is 1. The van der Waals surface area contributed by atoms with Crippen molar-refractivity contribution in [2.24, 2.45) is 5.92 Å². The molecule has 0 radical (unpaired) electrons. The van der Waals surface area contributed by atoms with Crippen LogP contribution < -0.4 is 5.73 Å². The second kappa shape index (κ2) is 5.34. The van der Waals surface area contributed by atoms with Crippen molar-refractivity contribution in [1.29, 1.82) is 0 Å². The first-order valence-electron chi connectivity index (χ1n) is 6.76. The third kappa shape index (κ3) is 2.55. The van der Waals surface area contributed by atoms with Gasteiger partial charge in [0.15, 0.2) is 5.82 Å². The van der Waals surface area contributed by atoms with E-state index >= 15 is 0 Å². The zero-order valence-corrected chi connectivity index (χ0v) is 13.3. The predicted molar refractivity (Wildman–Crippen MR) is 77.7 cm³/mol. The summed E-state index contributed by atoms with van der Waals surface area (Å²) in [7, 11) is 0.386. The number of aryl methyl sites for hydroxylation is 1. The normalized spacial score (nSPS) is 24.6. The molecule has 2 unspecified atom stereocenters. The van der Waals surface area contributed by atoms with E-state index in [1.54, 1.807) is 4.68 Å². The average molecular weight is 301 g/mol. The number of anilines is 1. The van der Waals surface area contributed by atoms with Crippen molar-refractivity contribution in [2.45, 2.75) is 31.3 Å². The van der Waals surface area contributed by atoms with Crippen LogP contribution in [-0.4, -0.2) is 60.6 Å². The molecule has 2 atom stereocenters. The minimum absolute atomic E-state index is 0.0767. The van der Waals surface area contributed by atoms with Crippen LogP contribution >= 0.6 is 0 Å². The van der Waals surface area contributed by atoms with Crippen molar-refractivity contribution >= 4 is 15.8 Å². The Morgan fingerprint density at radius 3 is 2.55 bits per heavy atom. The maximum absolute atomic E-state index is 12.7. The zero-order valence-electron chi connectivity index (χ0n) is 12.4. The highest BCUT2D eigenvalue weighted by Gasteiger charge is 2.39. The Bertz CT molecular complexity index is 581. The van der Waals surface area contributed by atoms with Gasteiger partial charge in [-0.1, -0.05) is 6.92 Å². The lowest BCUT2D eigenvalue weighted by molar-refractivity contribution is 0.263. The molecular weight excluding hydrogens is 278 g/mol. The van der Waals surface area contributed by atoms with E-state index in [1.807, 2.05) is 21.0 Å². The van der Waals surface area contributed by atoms with Crippen LogP contribution in [0.4, 0.5) is 5.82 Å². The molecule has 0 bridgehead atoms. The minimum atomic E-state index is -3.56. The summed E-state index contributed by atoms with van der Waals surface area (Å²) < 4.78 is 28.4. The minimum Gasteiger partial charge on any atom is -0.381 e. The molecule has 2 rings (SSSR count). The summed E-state index contributed by atoms with van der Waals surface area (Å²) in [6, 6.07) is 0.229. The molecule has 20 heavy (non-hydrogen) atoms. The van der Waals surface area contributed by atoms with E-state index in [9.17, 15) is 8.42 Å². The maximum atomic E-state index is 12.7. The first-order chi connectivity index (χ1) is 9.27. The van der Waals surface area contributed by atoms with Gasteiger partial charge in [0.05, 0.1) is 0 Å². The van der Waals surface area contributed by atoms with Gasteiger partial charge >= 0.3 is 0 Å². The highest BCUT2D eigenvalue weighted by atomic mass is 32.2. The summed E-state index contributed by atoms with van der Waals surface area (Å²) in [6.45, 7) is 5.56. The molecule has 1 fully saturated rings. The number of nitrogen functional groups attached to an aromatic ring is 1. The lowest BCUT2D eigenvalue weighted by Crippen LogP contribution is -2.35. The highest BCUT2D eigenvalue weighted by molar-refractivity contribution is 7.89. The number of nitrogens with two attached hydrogens (primary N) is 1. The Hall–Kier alpha value is -1.12. The van der Waals surface area contributed by atoms with Crippen molar-refractivity contribution in [3.05, 3.63) is 6.20 Å². The molecule has 0 aromatic carbocycles. The fraction of sp³-hybridized carbons (Fsp3) is 0.750. The van der Waals surface area contributed by atoms with Crippen molar-refractivity contribution in [2.75, 3.05) is 32.9 Å². The van der Waals surface area contributed by atoms with Crippen LogP contribution in [-0.2, 0) is 16.6 Å². The fourth-order valence-corrected chi connectivity index (χ4v) is 4.31. The standard InChI is InChI=1S/C12H23N5O2S/c1-5-16-8-11(12(13)14-16)20(18,19)17-6-9(2)10(7-17)15(3)4/h8-10H,5-7H2,1-4H3,(H2,13,14). The SMILES string of the molecule is CCn1cc(S(=O)(=O)N2CC(C)C(N(C)C)C2)c(N)n1. The van der Waals surface area contributed by atoms with Crippen molar-refractivity contribution in [3.63, 3.8) is 0 Å². The van der Waals surface area contributed by atoms with Crippen molar-refractivity contribution < 1.29 is 8.42 Å². The van der Waals surface area contributed by atoms with Crippen LogP contribution in [0, 0.1) is 5.92 Å².